The molecule has 0 saturated heterocycles. The minimum Gasteiger partial charge on any atom is -0.463 e. The molecular formula is C45H76NO8P. The average Bonchev–Trinajstić information content (AvgIpc) is 3.17. The van der Waals surface area contributed by atoms with Gasteiger partial charge < -0.3 is 20.1 Å². The molecule has 0 radical (unpaired) electrons. The number of phosphoric acid groups is 1. The van der Waals surface area contributed by atoms with E-state index >= 15 is 0 Å². The van der Waals surface area contributed by atoms with E-state index in [1.807, 2.05) is 0 Å². The molecule has 0 spiro atoms. The number of aliphatic hydroxyl groups is 1. The number of hydrogen-bond donors (Lipinski definition) is 3. The quantitative estimate of drug-likeness (QED) is 0.0244. The summed E-state index contributed by atoms with van der Waals surface area (Å²) in [4.78, 5) is 33.9. The van der Waals surface area contributed by atoms with Gasteiger partial charge in [-0.15, -0.1) is 0 Å². The molecule has 0 aromatic carbocycles. The maximum atomic E-state index is 12.1. The van der Waals surface area contributed by atoms with Crippen molar-refractivity contribution in [2.45, 2.75) is 161 Å². The number of esters is 1. The van der Waals surface area contributed by atoms with Gasteiger partial charge in [-0.05, 0) is 89.9 Å². The molecule has 0 aliphatic carbocycles. The summed E-state index contributed by atoms with van der Waals surface area (Å²) in [7, 11) is -4.43. The molecule has 9 nitrogen and oxygen atoms in total. The number of hydrogen-bond acceptors (Lipinski definition) is 7. The molecule has 0 aromatic rings. The monoisotopic (exact) mass is 790 g/mol. The van der Waals surface area contributed by atoms with Crippen LogP contribution in [0.1, 0.15) is 155 Å². The van der Waals surface area contributed by atoms with Crippen LogP contribution in [-0.2, 0) is 27.9 Å². The second kappa shape index (κ2) is 40.8. The van der Waals surface area contributed by atoms with Crippen LogP contribution in [0.2, 0.25) is 0 Å². The molecule has 2 unspecified atom stereocenters. The number of unbranched alkanes of at least 4 members (excludes halogenated alkanes) is 11. The number of allylic oxidation sites excluding steroid dienone is 14. The van der Waals surface area contributed by atoms with Gasteiger partial charge >= 0.3 is 13.8 Å². The highest BCUT2D eigenvalue weighted by Gasteiger charge is 2.23. The van der Waals surface area contributed by atoms with E-state index in [1.165, 1.54) is 25.7 Å². The van der Waals surface area contributed by atoms with Gasteiger partial charge in [-0.2, -0.15) is 0 Å². The van der Waals surface area contributed by atoms with Crippen LogP contribution in [0.25, 0.3) is 0 Å². The fraction of sp³-hybridized carbons (Fsp3) is 0.644. The van der Waals surface area contributed by atoms with E-state index < -0.39 is 26.5 Å². The molecule has 0 bridgehead atoms. The number of nitrogens with one attached hydrogen (secondary N) is 1. The van der Waals surface area contributed by atoms with Crippen LogP contribution in [0.3, 0.4) is 0 Å². The minimum absolute atomic E-state index is 0.0629. The van der Waals surface area contributed by atoms with Crippen molar-refractivity contribution < 1.29 is 37.9 Å². The largest absolute Gasteiger partial charge is 0.472 e. The molecule has 314 valence electrons. The fourth-order valence-corrected chi connectivity index (χ4v) is 5.90. The number of phosphoric ester groups is 1. The Balaban J connectivity index is 3.71. The zero-order valence-corrected chi connectivity index (χ0v) is 35.2. The summed E-state index contributed by atoms with van der Waals surface area (Å²) in [5.41, 5.74) is 0. The Labute approximate surface area is 334 Å². The second-order valence-electron chi connectivity index (χ2n) is 13.6. The maximum Gasteiger partial charge on any atom is 0.472 e. The van der Waals surface area contributed by atoms with Crippen molar-refractivity contribution in [1.82, 2.24) is 5.32 Å². The van der Waals surface area contributed by atoms with Gasteiger partial charge in [0, 0.05) is 19.4 Å². The molecule has 0 aliphatic rings. The lowest BCUT2D eigenvalue weighted by atomic mass is 10.1. The van der Waals surface area contributed by atoms with Gasteiger partial charge in [0.1, 0.15) is 12.7 Å². The molecule has 3 N–H and O–H groups in total. The zero-order valence-electron chi connectivity index (χ0n) is 34.3. The predicted octanol–water partition coefficient (Wildman–Crippen LogP) is 11.7. The number of amides is 1. The molecule has 55 heavy (non-hydrogen) atoms. The number of aliphatic hydroxyl groups excluding tert-OH is 1. The topological polar surface area (TPSA) is 131 Å². The van der Waals surface area contributed by atoms with E-state index in [-0.39, 0.29) is 32.1 Å². The summed E-state index contributed by atoms with van der Waals surface area (Å²) in [6.45, 7) is 3.33. The van der Waals surface area contributed by atoms with Crippen LogP contribution in [-0.4, -0.2) is 54.3 Å². The van der Waals surface area contributed by atoms with E-state index in [1.54, 1.807) is 0 Å². The molecule has 1 amide bonds. The van der Waals surface area contributed by atoms with Crippen LogP contribution >= 0.6 is 7.82 Å². The van der Waals surface area contributed by atoms with E-state index in [9.17, 15) is 24.2 Å². The van der Waals surface area contributed by atoms with Crippen LogP contribution in [0, 0.1) is 0 Å². The lowest BCUT2D eigenvalue weighted by Crippen LogP contribution is -2.27. The molecule has 10 heteroatoms. The van der Waals surface area contributed by atoms with Crippen LogP contribution in [0.4, 0.5) is 0 Å². The van der Waals surface area contributed by atoms with Crippen molar-refractivity contribution in [3.05, 3.63) is 85.1 Å². The summed E-state index contributed by atoms with van der Waals surface area (Å²) >= 11 is 0. The highest BCUT2D eigenvalue weighted by atomic mass is 31.2. The Hall–Kier alpha value is -2.81. The summed E-state index contributed by atoms with van der Waals surface area (Å²) in [5.74, 6) is -0.573. The van der Waals surface area contributed by atoms with Crippen LogP contribution in [0.15, 0.2) is 85.1 Å². The van der Waals surface area contributed by atoms with E-state index in [2.05, 4.69) is 104 Å². The Morgan fingerprint density at radius 3 is 1.58 bits per heavy atom. The summed E-state index contributed by atoms with van der Waals surface area (Å²) in [6, 6.07) is 0. The minimum atomic E-state index is -4.43. The normalized spacial score (nSPS) is 14.2. The van der Waals surface area contributed by atoms with E-state index in [0.717, 1.165) is 96.3 Å². The zero-order chi connectivity index (χ0) is 40.3. The van der Waals surface area contributed by atoms with Crippen molar-refractivity contribution in [2.24, 2.45) is 0 Å². The third kappa shape index (κ3) is 42.2. The lowest BCUT2D eigenvalue weighted by Gasteiger charge is -2.15. The summed E-state index contributed by atoms with van der Waals surface area (Å²) in [5, 5.41) is 12.7. The molecule has 0 saturated carbocycles. The highest BCUT2D eigenvalue weighted by Crippen LogP contribution is 2.42. The Morgan fingerprint density at radius 1 is 0.582 bits per heavy atom. The Morgan fingerprint density at radius 2 is 1.04 bits per heavy atom. The number of rotatable bonds is 38. The second-order valence-corrected chi connectivity index (χ2v) is 15.0. The van der Waals surface area contributed by atoms with Gasteiger partial charge in [0.05, 0.1) is 13.2 Å². The van der Waals surface area contributed by atoms with Crippen molar-refractivity contribution in [3.8, 4) is 0 Å². The van der Waals surface area contributed by atoms with Gasteiger partial charge in [0.2, 0.25) is 5.91 Å². The Bertz CT molecular complexity index is 1170. The maximum absolute atomic E-state index is 12.1. The third-order valence-corrected chi connectivity index (χ3v) is 9.29. The SMILES string of the molecule is CC/C=C\C/C=C\C/C=C\CCCCCCCC(=O)NCCOP(=O)(O)OCC(O)COC(=O)CCCCC/C=C\C/C=C\C/C=C\C/C=C\CCCCC. The highest BCUT2D eigenvalue weighted by molar-refractivity contribution is 7.47. The van der Waals surface area contributed by atoms with Crippen molar-refractivity contribution >= 4 is 19.7 Å². The first-order valence-corrected chi connectivity index (χ1v) is 22.6. The van der Waals surface area contributed by atoms with Crippen molar-refractivity contribution in [1.29, 1.82) is 0 Å². The molecule has 0 heterocycles. The van der Waals surface area contributed by atoms with Crippen LogP contribution < -0.4 is 5.32 Å². The third-order valence-electron chi connectivity index (χ3n) is 8.31. The van der Waals surface area contributed by atoms with Crippen LogP contribution in [0.5, 0.6) is 0 Å². The first kappa shape index (κ1) is 52.2. The van der Waals surface area contributed by atoms with Gasteiger partial charge in [0.25, 0.3) is 0 Å². The van der Waals surface area contributed by atoms with Gasteiger partial charge in [-0.1, -0.05) is 137 Å². The molecule has 0 fully saturated rings. The molecule has 2 atom stereocenters. The number of carbonyl (C=O) groups is 2. The van der Waals surface area contributed by atoms with Gasteiger partial charge in [0.15, 0.2) is 0 Å². The first-order chi connectivity index (χ1) is 26.8. The van der Waals surface area contributed by atoms with Gasteiger partial charge in [-0.25, -0.2) is 4.57 Å². The molecular weight excluding hydrogens is 713 g/mol. The average molecular weight is 790 g/mol. The summed E-state index contributed by atoms with van der Waals surface area (Å²) < 4.78 is 26.8. The van der Waals surface area contributed by atoms with Crippen molar-refractivity contribution in [3.63, 3.8) is 0 Å². The number of carbonyl (C=O) groups excluding carboxylic acids is 2. The van der Waals surface area contributed by atoms with Crippen molar-refractivity contribution in [2.75, 3.05) is 26.4 Å². The lowest BCUT2D eigenvalue weighted by molar-refractivity contribution is -0.147. The smallest absolute Gasteiger partial charge is 0.463 e. The first-order valence-electron chi connectivity index (χ1n) is 21.1. The molecule has 0 aromatic heterocycles. The molecule has 0 aliphatic heterocycles. The van der Waals surface area contributed by atoms with E-state index in [4.69, 9.17) is 13.8 Å². The van der Waals surface area contributed by atoms with Gasteiger partial charge in [-0.3, -0.25) is 18.6 Å². The standard InChI is InChI=1S/C45H76NO8P/c1-3-5-7-9-11-13-15-17-19-20-21-22-24-26-28-30-32-34-36-38-45(49)52-41-43(47)42-54-55(50,51)53-40-39-46-44(48)37-35-33-31-29-27-25-23-18-16-14-12-10-8-6-4-2/h6,8,11-14,17-19,21-23,26,28,43,47H,3-5,7,9-10,15-16,20,24-25,27,29-42H2,1-2H3,(H,46,48)(H,50,51)/b8-6-,13-11-,14-12-,19-17-,22-21-,23-18-,28-26-. The van der Waals surface area contributed by atoms with E-state index in [0.29, 0.717) is 12.8 Å². The molecule has 0 rings (SSSR count). The Kier molecular flexibility index (Phi) is 38.8. The summed E-state index contributed by atoms with van der Waals surface area (Å²) in [6.07, 6.45) is 50.8. The predicted molar refractivity (Wildman–Crippen MR) is 229 cm³/mol. The number of ether oxygens (including phenoxy) is 1. The fourth-order valence-electron chi connectivity index (χ4n) is 5.14.